The van der Waals surface area contributed by atoms with Crippen molar-refractivity contribution in [3.63, 3.8) is 0 Å². The fraction of sp³-hybridized carbons (Fsp3) is 0.800. The third-order valence-corrected chi connectivity index (χ3v) is 3.38. The van der Waals surface area contributed by atoms with Gasteiger partial charge in [0.15, 0.2) is 0 Å². The summed E-state index contributed by atoms with van der Waals surface area (Å²) in [5.74, 6) is 0.196. The van der Waals surface area contributed by atoms with Crippen LogP contribution in [0.3, 0.4) is 0 Å². The maximum atomic E-state index is 5.47. The molecule has 0 amide bonds. The van der Waals surface area contributed by atoms with E-state index in [0.29, 0.717) is 6.61 Å². The molecule has 120 valence electrons. The second-order valence-corrected chi connectivity index (χ2v) is 5.36. The van der Waals surface area contributed by atoms with Gasteiger partial charge in [-0.05, 0) is 6.42 Å². The fourth-order valence-electron chi connectivity index (χ4n) is 2.21. The lowest BCUT2D eigenvalue weighted by Gasteiger charge is -2.05. The number of ether oxygens (including phenoxy) is 1. The number of anilines is 2. The molecule has 1 heterocycles. The Bertz CT molecular complexity index is 366. The van der Waals surface area contributed by atoms with Crippen LogP contribution >= 0.6 is 0 Å². The maximum absolute atomic E-state index is 5.47. The van der Waals surface area contributed by atoms with Crippen molar-refractivity contribution in [1.29, 1.82) is 0 Å². The zero-order valence-corrected chi connectivity index (χ0v) is 13.2. The molecule has 0 radical (unpaired) electrons. The van der Waals surface area contributed by atoms with Crippen LogP contribution in [0.25, 0.3) is 0 Å². The molecule has 1 aromatic heterocycles. The lowest BCUT2D eigenvalue weighted by atomic mass is 10.1. The van der Waals surface area contributed by atoms with Gasteiger partial charge in [0.25, 0.3) is 0 Å². The van der Waals surface area contributed by atoms with Crippen LogP contribution in [0.1, 0.15) is 71.1 Å². The first kappa shape index (κ1) is 17.5. The van der Waals surface area contributed by atoms with Gasteiger partial charge in [-0.3, -0.25) is 0 Å². The molecule has 0 atom stereocenters. The number of nitrogen functional groups attached to an aromatic ring is 2. The predicted molar refractivity (Wildman–Crippen MR) is 86.0 cm³/mol. The SMILES string of the molecule is CCCCCCCCCCCCOc1nc(N)nc(N)n1. The average Bonchev–Trinajstić information content (AvgIpc) is 2.44. The number of hydrogen-bond donors (Lipinski definition) is 2. The van der Waals surface area contributed by atoms with Crippen LogP contribution < -0.4 is 16.2 Å². The van der Waals surface area contributed by atoms with Crippen molar-refractivity contribution in [3.05, 3.63) is 0 Å². The Labute approximate surface area is 127 Å². The summed E-state index contributed by atoms with van der Waals surface area (Å²) in [5.41, 5.74) is 10.9. The Morgan fingerprint density at radius 3 is 1.71 bits per heavy atom. The number of rotatable bonds is 12. The lowest BCUT2D eigenvalue weighted by molar-refractivity contribution is 0.281. The van der Waals surface area contributed by atoms with Crippen LogP contribution in [0.5, 0.6) is 6.01 Å². The summed E-state index contributed by atoms with van der Waals surface area (Å²) in [6.45, 7) is 2.85. The maximum Gasteiger partial charge on any atom is 0.323 e. The van der Waals surface area contributed by atoms with Gasteiger partial charge in [0.1, 0.15) is 0 Å². The van der Waals surface area contributed by atoms with E-state index >= 15 is 0 Å². The molecule has 0 aromatic carbocycles. The first-order valence-electron chi connectivity index (χ1n) is 8.12. The van der Waals surface area contributed by atoms with Crippen molar-refractivity contribution < 1.29 is 4.74 Å². The molecule has 1 aromatic rings. The molecule has 0 aliphatic heterocycles. The molecule has 1 rings (SSSR count). The van der Waals surface area contributed by atoms with Crippen molar-refractivity contribution in [2.75, 3.05) is 18.1 Å². The smallest absolute Gasteiger partial charge is 0.323 e. The van der Waals surface area contributed by atoms with E-state index in [4.69, 9.17) is 16.2 Å². The molecule has 6 nitrogen and oxygen atoms in total. The normalized spacial score (nSPS) is 10.7. The molecular weight excluding hydrogens is 266 g/mol. The van der Waals surface area contributed by atoms with Crippen LogP contribution in [-0.4, -0.2) is 21.6 Å². The van der Waals surface area contributed by atoms with E-state index in [0.717, 1.165) is 6.42 Å². The lowest BCUT2D eigenvalue weighted by Crippen LogP contribution is -2.07. The molecule has 0 saturated carbocycles. The Kier molecular flexibility index (Phi) is 9.24. The largest absolute Gasteiger partial charge is 0.463 e. The summed E-state index contributed by atoms with van der Waals surface area (Å²) in [7, 11) is 0. The standard InChI is InChI=1S/C15H29N5O/c1-2-3-4-5-6-7-8-9-10-11-12-21-15-19-13(16)18-14(17)20-15/h2-12H2,1H3,(H4,16,17,18,19,20). The Morgan fingerprint density at radius 1 is 0.714 bits per heavy atom. The van der Waals surface area contributed by atoms with E-state index in [1.807, 2.05) is 0 Å². The minimum absolute atomic E-state index is 0.0978. The summed E-state index contributed by atoms with van der Waals surface area (Å²) in [4.78, 5) is 11.4. The second kappa shape index (κ2) is 11.1. The Hall–Kier alpha value is -1.59. The van der Waals surface area contributed by atoms with Crippen molar-refractivity contribution >= 4 is 11.9 Å². The highest BCUT2D eigenvalue weighted by molar-refractivity contribution is 5.27. The van der Waals surface area contributed by atoms with E-state index < -0.39 is 0 Å². The van der Waals surface area contributed by atoms with Gasteiger partial charge in [0.2, 0.25) is 11.9 Å². The van der Waals surface area contributed by atoms with Gasteiger partial charge in [-0.2, -0.15) is 15.0 Å². The highest BCUT2D eigenvalue weighted by atomic mass is 16.5. The van der Waals surface area contributed by atoms with E-state index in [9.17, 15) is 0 Å². The molecule has 0 aliphatic carbocycles. The van der Waals surface area contributed by atoms with Gasteiger partial charge in [0, 0.05) is 0 Å². The summed E-state index contributed by atoms with van der Waals surface area (Å²) < 4.78 is 5.42. The molecule has 0 aliphatic rings. The monoisotopic (exact) mass is 295 g/mol. The Balaban J connectivity index is 1.93. The molecule has 0 spiro atoms. The summed E-state index contributed by atoms with van der Waals surface area (Å²) in [6, 6.07) is 0.218. The topological polar surface area (TPSA) is 99.9 Å². The second-order valence-electron chi connectivity index (χ2n) is 5.36. The van der Waals surface area contributed by atoms with Crippen molar-refractivity contribution in [2.45, 2.75) is 71.1 Å². The highest BCUT2D eigenvalue weighted by Gasteiger charge is 2.02. The van der Waals surface area contributed by atoms with Gasteiger partial charge in [0.05, 0.1) is 6.61 Å². The van der Waals surface area contributed by atoms with Crippen LogP contribution in [0.4, 0.5) is 11.9 Å². The van der Waals surface area contributed by atoms with Gasteiger partial charge >= 0.3 is 6.01 Å². The number of nitrogens with zero attached hydrogens (tertiary/aromatic N) is 3. The summed E-state index contributed by atoms with van der Waals surface area (Å²) >= 11 is 0. The quantitative estimate of drug-likeness (QED) is 0.574. The Morgan fingerprint density at radius 2 is 1.19 bits per heavy atom. The first-order chi connectivity index (χ1) is 10.2. The molecule has 0 fully saturated rings. The highest BCUT2D eigenvalue weighted by Crippen LogP contribution is 2.11. The predicted octanol–water partition coefficient (Wildman–Crippen LogP) is 3.34. The van der Waals surface area contributed by atoms with Crippen LogP contribution in [-0.2, 0) is 0 Å². The van der Waals surface area contributed by atoms with Crippen molar-refractivity contribution in [3.8, 4) is 6.01 Å². The molecule has 0 bridgehead atoms. The minimum atomic E-state index is 0.0978. The summed E-state index contributed by atoms with van der Waals surface area (Å²) in [6.07, 6.45) is 13.0. The van der Waals surface area contributed by atoms with E-state index in [2.05, 4.69) is 21.9 Å². The number of hydrogen-bond acceptors (Lipinski definition) is 6. The van der Waals surface area contributed by atoms with Crippen molar-refractivity contribution in [1.82, 2.24) is 15.0 Å². The van der Waals surface area contributed by atoms with Gasteiger partial charge in [-0.1, -0.05) is 64.7 Å². The van der Waals surface area contributed by atoms with Crippen molar-refractivity contribution in [2.24, 2.45) is 0 Å². The van der Waals surface area contributed by atoms with Crippen LogP contribution in [0, 0.1) is 0 Å². The summed E-state index contributed by atoms with van der Waals surface area (Å²) in [5, 5.41) is 0. The van der Waals surface area contributed by atoms with Crippen LogP contribution in [0.15, 0.2) is 0 Å². The zero-order chi connectivity index (χ0) is 15.3. The zero-order valence-electron chi connectivity index (χ0n) is 13.2. The minimum Gasteiger partial charge on any atom is -0.463 e. The van der Waals surface area contributed by atoms with E-state index in [1.165, 1.54) is 57.8 Å². The van der Waals surface area contributed by atoms with E-state index in [-0.39, 0.29) is 17.9 Å². The van der Waals surface area contributed by atoms with Gasteiger partial charge in [-0.25, -0.2) is 0 Å². The number of nitrogens with two attached hydrogens (primary N) is 2. The van der Waals surface area contributed by atoms with Gasteiger partial charge < -0.3 is 16.2 Å². The third-order valence-electron chi connectivity index (χ3n) is 3.38. The molecule has 0 unspecified atom stereocenters. The first-order valence-corrected chi connectivity index (χ1v) is 8.12. The third kappa shape index (κ3) is 9.05. The van der Waals surface area contributed by atoms with E-state index in [1.54, 1.807) is 0 Å². The van der Waals surface area contributed by atoms with Crippen LogP contribution in [0.2, 0.25) is 0 Å². The molecule has 4 N–H and O–H groups in total. The molecule has 21 heavy (non-hydrogen) atoms. The molecular formula is C15H29N5O. The molecule has 6 heteroatoms. The molecule has 0 saturated heterocycles. The number of aromatic nitrogens is 3. The average molecular weight is 295 g/mol. The van der Waals surface area contributed by atoms with Gasteiger partial charge in [-0.15, -0.1) is 0 Å². The number of unbranched alkanes of at least 4 members (excludes halogenated alkanes) is 9. The fourth-order valence-corrected chi connectivity index (χ4v) is 2.21.